The summed E-state index contributed by atoms with van der Waals surface area (Å²) in [4.78, 5) is 0. The Kier molecular flexibility index (Phi) is 6.29. The first-order valence-electron chi connectivity index (χ1n) is 9.50. The zero-order valence-electron chi connectivity index (χ0n) is 14.4. The molecule has 1 atom stereocenters. The molecule has 1 saturated heterocycles. The average molecular weight is 322 g/mol. The number of ether oxygens (including phenoxy) is 2. The summed E-state index contributed by atoms with van der Waals surface area (Å²) in [6.07, 6.45) is 14.9. The summed E-state index contributed by atoms with van der Waals surface area (Å²) in [7, 11) is 0. The van der Waals surface area contributed by atoms with Gasteiger partial charge in [0.05, 0.1) is 19.0 Å². The summed E-state index contributed by atoms with van der Waals surface area (Å²) in [5.74, 6) is 2.56. The lowest BCUT2D eigenvalue weighted by Crippen LogP contribution is -2.38. The van der Waals surface area contributed by atoms with Gasteiger partial charge in [0.2, 0.25) is 0 Å². The van der Waals surface area contributed by atoms with Gasteiger partial charge >= 0.3 is 0 Å². The first-order chi connectivity index (χ1) is 11.3. The fourth-order valence-corrected chi connectivity index (χ4v) is 4.38. The molecule has 1 saturated carbocycles. The molecule has 3 aliphatic rings. The molecule has 130 valence electrons. The van der Waals surface area contributed by atoms with E-state index in [1.165, 1.54) is 25.7 Å². The van der Waals surface area contributed by atoms with Crippen molar-refractivity contribution in [2.45, 2.75) is 64.6 Å². The normalized spacial score (nSPS) is 39.4. The largest absolute Gasteiger partial charge is 0.352 e. The van der Waals surface area contributed by atoms with Gasteiger partial charge in [-0.1, -0.05) is 25.2 Å². The minimum absolute atomic E-state index is 0.00548. The van der Waals surface area contributed by atoms with Gasteiger partial charge in [-0.25, -0.2) is 4.39 Å². The molecule has 0 spiro atoms. The highest BCUT2D eigenvalue weighted by Gasteiger charge is 2.34. The van der Waals surface area contributed by atoms with Crippen molar-refractivity contribution in [1.29, 1.82) is 0 Å². The Balaban J connectivity index is 1.40. The van der Waals surface area contributed by atoms with Crippen LogP contribution in [0.4, 0.5) is 4.39 Å². The second-order valence-electron chi connectivity index (χ2n) is 7.49. The number of hydrogen-bond acceptors (Lipinski definition) is 2. The van der Waals surface area contributed by atoms with Crippen molar-refractivity contribution in [2.24, 2.45) is 23.7 Å². The smallest absolute Gasteiger partial charge is 0.160 e. The van der Waals surface area contributed by atoms with Gasteiger partial charge in [-0.3, -0.25) is 0 Å². The highest BCUT2D eigenvalue weighted by atomic mass is 19.1. The molecule has 0 amide bonds. The summed E-state index contributed by atoms with van der Waals surface area (Å²) in [6, 6.07) is 0. The van der Waals surface area contributed by atoms with E-state index < -0.39 is 0 Å². The quantitative estimate of drug-likeness (QED) is 0.645. The van der Waals surface area contributed by atoms with Gasteiger partial charge in [-0.05, 0) is 63.2 Å². The van der Waals surface area contributed by atoms with Crippen LogP contribution in [-0.4, -0.2) is 19.5 Å². The van der Waals surface area contributed by atoms with E-state index in [0.29, 0.717) is 24.2 Å². The molecule has 0 N–H and O–H groups in total. The van der Waals surface area contributed by atoms with Gasteiger partial charge in [0, 0.05) is 11.8 Å². The maximum Gasteiger partial charge on any atom is 0.160 e. The average Bonchev–Trinajstić information content (AvgIpc) is 2.61. The Morgan fingerprint density at radius 1 is 1.04 bits per heavy atom. The van der Waals surface area contributed by atoms with Gasteiger partial charge < -0.3 is 9.47 Å². The summed E-state index contributed by atoms with van der Waals surface area (Å²) in [5, 5.41) is 0. The molecule has 23 heavy (non-hydrogen) atoms. The van der Waals surface area contributed by atoms with E-state index in [9.17, 15) is 4.39 Å². The van der Waals surface area contributed by atoms with E-state index in [0.717, 1.165) is 38.4 Å². The van der Waals surface area contributed by atoms with Crippen LogP contribution in [0.25, 0.3) is 0 Å². The molecule has 2 nitrogen and oxygen atoms in total. The molecule has 2 aliphatic carbocycles. The van der Waals surface area contributed by atoms with E-state index in [-0.39, 0.29) is 12.1 Å². The van der Waals surface area contributed by atoms with Crippen LogP contribution in [0, 0.1) is 23.7 Å². The molecule has 0 aromatic heterocycles. The molecular formula is C20H31FO2. The molecule has 0 aromatic carbocycles. The molecule has 0 aromatic rings. The van der Waals surface area contributed by atoms with Crippen LogP contribution in [0.15, 0.2) is 24.1 Å². The molecular weight excluding hydrogens is 291 g/mol. The van der Waals surface area contributed by atoms with Crippen LogP contribution in [0.3, 0.4) is 0 Å². The van der Waals surface area contributed by atoms with E-state index in [1.807, 2.05) is 6.08 Å². The van der Waals surface area contributed by atoms with E-state index in [4.69, 9.17) is 9.47 Å². The van der Waals surface area contributed by atoms with Gasteiger partial charge in [0.15, 0.2) is 6.29 Å². The summed E-state index contributed by atoms with van der Waals surface area (Å²) < 4.78 is 25.1. The second kappa shape index (κ2) is 8.43. The minimum atomic E-state index is 0.00548. The van der Waals surface area contributed by atoms with Crippen LogP contribution >= 0.6 is 0 Å². The SMILES string of the molecule is CC/C=C/C1COC(C2CCC(C3CC=C(F)CC3)CC2)OC1. The fourth-order valence-electron chi connectivity index (χ4n) is 4.38. The first kappa shape index (κ1) is 17.2. The van der Waals surface area contributed by atoms with E-state index in [2.05, 4.69) is 19.1 Å². The Bertz CT molecular complexity index is 415. The molecule has 3 heteroatoms. The summed E-state index contributed by atoms with van der Waals surface area (Å²) in [5.41, 5.74) is 0. The van der Waals surface area contributed by atoms with Crippen LogP contribution in [0.1, 0.15) is 58.3 Å². The lowest BCUT2D eigenvalue weighted by molar-refractivity contribution is -0.223. The van der Waals surface area contributed by atoms with Gasteiger partial charge in [-0.15, -0.1) is 0 Å². The zero-order chi connectivity index (χ0) is 16.1. The second-order valence-corrected chi connectivity index (χ2v) is 7.49. The molecule has 1 aliphatic heterocycles. The lowest BCUT2D eigenvalue weighted by Gasteiger charge is -2.39. The maximum atomic E-state index is 13.2. The fraction of sp³-hybridized carbons (Fsp3) is 0.800. The predicted molar refractivity (Wildman–Crippen MR) is 90.6 cm³/mol. The standard InChI is InChI=1S/C20H31FO2/c1-2-3-4-15-13-22-20(23-14-15)18-7-5-16(6-8-18)17-9-11-19(21)12-10-17/h3-4,11,15-18,20H,2,5-10,12-14H2,1H3/b4-3+. The third-order valence-electron chi connectivity index (χ3n) is 5.86. The van der Waals surface area contributed by atoms with Crippen LogP contribution in [-0.2, 0) is 9.47 Å². The monoisotopic (exact) mass is 322 g/mol. The Labute approximate surface area is 140 Å². The summed E-state index contributed by atoms with van der Waals surface area (Å²) in [6.45, 7) is 3.75. The topological polar surface area (TPSA) is 18.5 Å². The van der Waals surface area contributed by atoms with Crippen molar-refractivity contribution < 1.29 is 13.9 Å². The number of rotatable bonds is 4. The molecule has 0 bridgehead atoms. The van der Waals surface area contributed by atoms with Gasteiger partial charge in [0.1, 0.15) is 0 Å². The van der Waals surface area contributed by atoms with Crippen LogP contribution in [0.2, 0.25) is 0 Å². The first-order valence-corrected chi connectivity index (χ1v) is 9.50. The van der Waals surface area contributed by atoms with Crippen molar-refractivity contribution >= 4 is 0 Å². The third-order valence-corrected chi connectivity index (χ3v) is 5.86. The molecule has 3 rings (SSSR count). The van der Waals surface area contributed by atoms with Crippen LogP contribution in [0.5, 0.6) is 0 Å². The number of allylic oxidation sites excluding steroid dienone is 3. The Morgan fingerprint density at radius 2 is 1.74 bits per heavy atom. The molecule has 1 heterocycles. The van der Waals surface area contributed by atoms with Crippen molar-refractivity contribution in [3.05, 3.63) is 24.1 Å². The Morgan fingerprint density at radius 3 is 2.35 bits per heavy atom. The van der Waals surface area contributed by atoms with E-state index >= 15 is 0 Å². The number of halogens is 1. The third kappa shape index (κ3) is 4.67. The van der Waals surface area contributed by atoms with Gasteiger partial charge in [0.25, 0.3) is 0 Å². The van der Waals surface area contributed by atoms with Crippen molar-refractivity contribution in [1.82, 2.24) is 0 Å². The van der Waals surface area contributed by atoms with Gasteiger partial charge in [-0.2, -0.15) is 0 Å². The molecule has 0 radical (unpaired) electrons. The van der Waals surface area contributed by atoms with Crippen molar-refractivity contribution in [3.8, 4) is 0 Å². The number of hydrogen-bond donors (Lipinski definition) is 0. The van der Waals surface area contributed by atoms with Crippen molar-refractivity contribution in [2.75, 3.05) is 13.2 Å². The molecule has 1 unspecified atom stereocenters. The summed E-state index contributed by atoms with van der Waals surface area (Å²) >= 11 is 0. The lowest BCUT2D eigenvalue weighted by atomic mass is 9.72. The molecule has 2 fully saturated rings. The minimum Gasteiger partial charge on any atom is -0.352 e. The zero-order valence-corrected chi connectivity index (χ0v) is 14.4. The van der Waals surface area contributed by atoms with Crippen molar-refractivity contribution in [3.63, 3.8) is 0 Å². The Hall–Kier alpha value is -0.670. The predicted octanol–water partition coefficient (Wildman–Crippen LogP) is 5.40. The highest BCUT2D eigenvalue weighted by Crippen LogP contribution is 2.41. The van der Waals surface area contributed by atoms with Crippen LogP contribution < -0.4 is 0 Å². The van der Waals surface area contributed by atoms with E-state index in [1.54, 1.807) is 0 Å². The highest BCUT2D eigenvalue weighted by molar-refractivity contribution is 4.99. The maximum absolute atomic E-state index is 13.2.